The van der Waals surface area contributed by atoms with E-state index in [1.165, 1.54) is 11.3 Å². The lowest BCUT2D eigenvalue weighted by Crippen LogP contribution is -2.46. The lowest BCUT2D eigenvalue weighted by atomic mass is 9.81. The molecule has 5 nitrogen and oxygen atoms in total. The number of amides is 2. The number of rotatable bonds is 9. The van der Waals surface area contributed by atoms with Gasteiger partial charge in [-0.3, -0.25) is 9.59 Å². The molecule has 1 saturated heterocycles. The number of likely N-dealkylation sites (tertiary alicyclic amines) is 1. The van der Waals surface area contributed by atoms with Crippen LogP contribution in [0, 0.1) is 16.7 Å². The molecular weight excluding hydrogens is 446 g/mol. The maximum atomic E-state index is 13.2. The Morgan fingerprint density at radius 1 is 1.26 bits per heavy atom. The summed E-state index contributed by atoms with van der Waals surface area (Å²) in [5.74, 6) is 0.768. The zero-order valence-corrected chi connectivity index (χ0v) is 21.8. The van der Waals surface area contributed by atoms with Gasteiger partial charge in [-0.2, -0.15) is 0 Å². The molecule has 0 bridgehead atoms. The average Bonchev–Trinajstić information content (AvgIpc) is 3.47. The van der Waals surface area contributed by atoms with Crippen molar-refractivity contribution in [3.63, 3.8) is 0 Å². The van der Waals surface area contributed by atoms with Gasteiger partial charge in [0, 0.05) is 39.4 Å². The van der Waals surface area contributed by atoms with Gasteiger partial charge in [-0.25, -0.2) is 0 Å². The van der Waals surface area contributed by atoms with Gasteiger partial charge < -0.3 is 15.1 Å². The summed E-state index contributed by atoms with van der Waals surface area (Å²) in [6.45, 7) is 14.1. The highest BCUT2D eigenvalue weighted by atomic mass is 35.5. The van der Waals surface area contributed by atoms with Crippen LogP contribution in [-0.2, 0) is 4.79 Å². The van der Waals surface area contributed by atoms with Crippen LogP contribution in [-0.4, -0.2) is 55.3 Å². The Hall–Kier alpha value is -2.53. The van der Waals surface area contributed by atoms with Crippen molar-refractivity contribution in [1.29, 1.82) is 0 Å². The van der Waals surface area contributed by atoms with Gasteiger partial charge in [-0.05, 0) is 74.6 Å². The van der Waals surface area contributed by atoms with E-state index in [2.05, 4.69) is 18.5 Å². The molecule has 3 rings (SSSR count). The Balaban J connectivity index is 1.48. The fourth-order valence-electron chi connectivity index (χ4n) is 5.21. The summed E-state index contributed by atoms with van der Waals surface area (Å²) >= 11 is 6.32. The number of nitrogens with one attached hydrogen (secondary N) is 1. The molecule has 2 fully saturated rings. The minimum Gasteiger partial charge on any atom is -0.385 e. The van der Waals surface area contributed by atoms with Crippen molar-refractivity contribution < 1.29 is 9.59 Å². The Morgan fingerprint density at radius 3 is 2.50 bits per heavy atom. The molecule has 1 aliphatic heterocycles. The van der Waals surface area contributed by atoms with Crippen LogP contribution in [0.25, 0.3) is 0 Å². The van der Waals surface area contributed by atoms with Gasteiger partial charge in [0.25, 0.3) is 5.91 Å². The summed E-state index contributed by atoms with van der Waals surface area (Å²) in [6, 6.07) is 5.52. The quantitative estimate of drug-likeness (QED) is 0.452. The third-order valence-corrected chi connectivity index (χ3v) is 7.92. The highest BCUT2D eigenvalue weighted by Gasteiger charge is 2.54. The van der Waals surface area contributed by atoms with E-state index >= 15 is 0 Å². The van der Waals surface area contributed by atoms with Gasteiger partial charge in [0.1, 0.15) is 0 Å². The number of hydrogen-bond donors (Lipinski definition) is 1. The maximum absolute atomic E-state index is 13.2. The third-order valence-electron chi connectivity index (χ3n) is 7.61. The van der Waals surface area contributed by atoms with Crippen LogP contribution in [0.1, 0.15) is 49.9 Å². The number of nitrogens with zero attached hydrogens (tertiary/aromatic N) is 2. The number of allylic oxidation sites excluding steroid dienone is 3. The Kier molecular flexibility index (Phi) is 7.97. The van der Waals surface area contributed by atoms with Gasteiger partial charge >= 0.3 is 0 Å². The van der Waals surface area contributed by atoms with Crippen molar-refractivity contribution in [2.75, 3.05) is 39.0 Å². The van der Waals surface area contributed by atoms with Crippen LogP contribution in [0.2, 0.25) is 5.02 Å². The smallest absolute Gasteiger partial charge is 0.254 e. The monoisotopic (exact) mass is 483 g/mol. The van der Waals surface area contributed by atoms with Gasteiger partial charge in [0.15, 0.2) is 0 Å². The minimum absolute atomic E-state index is 0.0953. The molecular formula is C28H38ClN3O2. The van der Waals surface area contributed by atoms with E-state index in [1.54, 1.807) is 32.3 Å². The first kappa shape index (κ1) is 26.1. The maximum Gasteiger partial charge on any atom is 0.254 e. The molecule has 34 heavy (non-hydrogen) atoms. The van der Waals surface area contributed by atoms with E-state index in [1.807, 2.05) is 37.0 Å². The molecule has 2 amide bonds. The van der Waals surface area contributed by atoms with Crippen molar-refractivity contribution in [1.82, 2.24) is 9.80 Å². The summed E-state index contributed by atoms with van der Waals surface area (Å²) in [7, 11) is 3.44. The molecule has 1 aromatic carbocycles. The highest BCUT2D eigenvalue weighted by Crippen LogP contribution is 2.61. The number of carbonyl (C=O) groups excluding carboxylic acids is 2. The minimum atomic E-state index is -0.596. The van der Waals surface area contributed by atoms with E-state index in [-0.39, 0.29) is 11.8 Å². The molecule has 0 radical (unpaired) electrons. The second-order valence-electron chi connectivity index (χ2n) is 10.4. The lowest BCUT2D eigenvalue weighted by molar-refractivity contribution is -0.140. The largest absolute Gasteiger partial charge is 0.385 e. The summed E-state index contributed by atoms with van der Waals surface area (Å²) in [5, 5.41) is 3.92. The second-order valence-corrected chi connectivity index (χ2v) is 10.8. The van der Waals surface area contributed by atoms with Crippen LogP contribution < -0.4 is 5.32 Å². The van der Waals surface area contributed by atoms with Gasteiger partial charge in [-0.15, -0.1) is 0 Å². The first-order valence-electron chi connectivity index (χ1n) is 12.1. The summed E-state index contributed by atoms with van der Waals surface area (Å²) in [6.07, 6.45) is 9.83. The standard InChI is InChI=1S/C28H38ClN3O2/c1-7-9-20(8-2)27(3,4)26(34)32-16-13-28(14-17-32)19-21(28)12-15-30-22-10-11-23(24(29)18-22)25(33)31(5)6/h7-11,18,21,30H,1-2,12-17,19H2,3-6H3/b20-9+. The number of piperidine rings is 1. The topological polar surface area (TPSA) is 52.7 Å². The number of hydrogen-bond acceptors (Lipinski definition) is 3. The number of carbonyl (C=O) groups is 2. The fraction of sp³-hybridized carbons (Fsp3) is 0.500. The molecule has 2 aliphatic rings. The normalized spacial score (nSPS) is 19.5. The summed E-state index contributed by atoms with van der Waals surface area (Å²) < 4.78 is 0. The number of halogens is 1. The molecule has 1 spiro atoms. The number of anilines is 1. The predicted octanol–water partition coefficient (Wildman–Crippen LogP) is 5.80. The van der Waals surface area contributed by atoms with Crippen molar-refractivity contribution in [2.24, 2.45) is 16.7 Å². The molecule has 1 saturated carbocycles. The SMILES string of the molecule is C=C/C=C(\C=C)C(C)(C)C(=O)N1CCC2(CC1)CC2CCNc1ccc(C(=O)N(C)C)c(Cl)c1. The van der Waals surface area contributed by atoms with Crippen LogP contribution >= 0.6 is 11.6 Å². The van der Waals surface area contributed by atoms with Crippen molar-refractivity contribution >= 4 is 29.1 Å². The molecule has 1 heterocycles. The summed E-state index contributed by atoms with van der Waals surface area (Å²) in [5.41, 5.74) is 2.15. The molecule has 6 heteroatoms. The van der Waals surface area contributed by atoms with E-state index in [9.17, 15) is 9.59 Å². The van der Waals surface area contributed by atoms with Crippen LogP contribution in [0.4, 0.5) is 5.69 Å². The zero-order valence-electron chi connectivity index (χ0n) is 21.0. The fourth-order valence-corrected chi connectivity index (χ4v) is 5.48. The average molecular weight is 484 g/mol. The predicted molar refractivity (Wildman–Crippen MR) is 141 cm³/mol. The van der Waals surface area contributed by atoms with Crippen molar-refractivity contribution in [3.8, 4) is 0 Å². The molecule has 1 aromatic rings. The van der Waals surface area contributed by atoms with Crippen molar-refractivity contribution in [3.05, 3.63) is 65.7 Å². The molecule has 0 aromatic heterocycles. The molecule has 1 aliphatic carbocycles. The highest BCUT2D eigenvalue weighted by molar-refractivity contribution is 6.34. The Bertz CT molecular complexity index is 987. The van der Waals surface area contributed by atoms with E-state index in [0.29, 0.717) is 21.9 Å². The van der Waals surface area contributed by atoms with Gasteiger partial charge in [0.05, 0.1) is 16.0 Å². The molecule has 1 unspecified atom stereocenters. The summed E-state index contributed by atoms with van der Waals surface area (Å²) in [4.78, 5) is 28.9. The van der Waals surface area contributed by atoms with Crippen molar-refractivity contribution in [2.45, 2.75) is 39.5 Å². The lowest BCUT2D eigenvalue weighted by Gasteiger charge is -2.38. The number of benzene rings is 1. The molecule has 1 N–H and O–H groups in total. The zero-order chi connectivity index (χ0) is 25.1. The second kappa shape index (κ2) is 10.4. The van der Waals surface area contributed by atoms with Crippen LogP contribution in [0.5, 0.6) is 0 Å². The van der Waals surface area contributed by atoms with Crippen LogP contribution in [0.3, 0.4) is 0 Å². The third kappa shape index (κ3) is 5.41. The van der Waals surface area contributed by atoms with E-state index in [4.69, 9.17) is 11.6 Å². The Morgan fingerprint density at radius 2 is 1.94 bits per heavy atom. The van der Waals surface area contributed by atoms with E-state index < -0.39 is 5.41 Å². The van der Waals surface area contributed by atoms with Crippen LogP contribution in [0.15, 0.2) is 55.2 Å². The Labute approximate surface area is 209 Å². The molecule has 1 atom stereocenters. The first-order valence-corrected chi connectivity index (χ1v) is 12.4. The van der Waals surface area contributed by atoms with Gasteiger partial charge in [0.2, 0.25) is 5.91 Å². The first-order chi connectivity index (χ1) is 16.1. The van der Waals surface area contributed by atoms with E-state index in [0.717, 1.165) is 50.2 Å². The molecule has 184 valence electrons. The van der Waals surface area contributed by atoms with Gasteiger partial charge in [-0.1, -0.05) is 43.0 Å².